The Balaban J connectivity index is 1.46. The first-order valence-corrected chi connectivity index (χ1v) is 11.4. The Morgan fingerprint density at radius 3 is 2.82 bits per heavy atom. The van der Waals surface area contributed by atoms with Crippen LogP contribution in [0.25, 0.3) is 33.4 Å². The molecule has 4 heterocycles. The molecule has 2 amide bonds. The van der Waals surface area contributed by atoms with Crippen LogP contribution in [0.1, 0.15) is 35.4 Å². The molecule has 1 aromatic carbocycles. The van der Waals surface area contributed by atoms with E-state index in [1.807, 2.05) is 6.20 Å². The normalized spacial score (nSPS) is 14.9. The van der Waals surface area contributed by atoms with Crippen molar-refractivity contribution in [3.63, 3.8) is 0 Å². The van der Waals surface area contributed by atoms with Gasteiger partial charge in [-0.05, 0) is 37.5 Å². The number of amides is 2. The molecular formula is C25H23FN6O2. The molecule has 0 unspecified atom stereocenters. The van der Waals surface area contributed by atoms with Crippen LogP contribution in [0.15, 0.2) is 36.7 Å². The number of imidazole rings is 1. The van der Waals surface area contributed by atoms with Crippen molar-refractivity contribution in [1.82, 2.24) is 24.8 Å². The summed E-state index contributed by atoms with van der Waals surface area (Å²) < 4.78 is 17.8. The summed E-state index contributed by atoms with van der Waals surface area (Å²) in [7, 11) is 1.54. The fraction of sp³-hybridized carbons (Fsp3) is 0.280. The second-order valence-corrected chi connectivity index (χ2v) is 8.84. The molecule has 8 nitrogen and oxygen atoms in total. The summed E-state index contributed by atoms with van der Waals surface area (Å²) in [6.45, 7) is 0.899. The SMILES string of the molecule is CNC(=O)c1cnc(NC(=O)C2CC2)c2[nH]c(-c3cccc(-c4cn5c(n4)CCC5)c3F)cc12. The van der Waals surface area contributed by atoms with Crippen molar-refractivity contribution >= 4 is 28.5 Å². The van der Waals surface area contributed by atoms with E-state index in [2.05, 4.69) is 30.2 Å². The lowest BCUT2D eigenvalue weighted by Gasteiger charge is -2.07. The van der Waals surface area contributed by atoms with Gasteiger partial charge in [0, 0.05) is 60.5 Å². The van der Waals surface area contributed by atoms with E-state index in [0.29, 0.717) is 44.8 Å². The third-order valence-electron chi connectivity index (χ3n) is 6.55. The van der Waals surface area contributed by atoms with Crippen molar-refractivity contribution in [3.8, 4) is 22.5 Å². The van der Waals surface area contributed by atoms with Gasteiger partial charge in [0.15, 0.2) is 5.82 Å². The maximum atomic E-state index is 15.8. The molecule has 4 aromatic rings. The van der Waals surface area contributed by atoms with Crippen LogP contribution >= 0.6 is 0 Å². The molecule has 0 radical (unpaired) electrons. The molecule has 9 heteroatoms. The molecule has 3 aromatic heterocycles. The van der Waals surface area contributed by atoms with Gasteiger partial charge in [0.1, 0.15) is 11.6 Å². The van der Waals surface area contributed by atoms with E-state index in [1.165, 1.54) is 13.2 Å². The zero-order chi connectivity index (χ0) is 23.4. The fourth-order valence-electron chi connectivity index (χ4n) is 4.56. The predicted molar refractivity (Wildman–Crippen MR) is 126 cm³/mol. The summed E-state index contributed by atoms with van der Waals surface area (Å²) in [4.78, 5) is 37.0. The van der Waals surface area contributed by atoms with E-state index in [1.54, 1.807) is 24.3 Å². The summed E-state index contributed by atoms with van der Waals surface area (Å²) in [5, 5.41) is 6.01. The molecule has 0 saturated heterocycles. The number of nitrogens with one attached hydrogen (secondary N) is 3. The Labute approximate surface area is 194 Å². The van der Waals surface area contributed by atoms with Gasteiger partial charge >= 0.3 is 0 Å². The van der Waals surface area contributed by atoms with E-state index in [4.69, 9.17) is 0 Å². The van der Waals surface area contributed by atoms with Crippen molar-refractivity contribution in [1.29, 1.82) is 0 Å². The number of aryl methyl sites for hydroxylation is 2. The molecule has 0 bridgehead atoms. The van der Waals surface area contributed by atoms with E-state index in [9.17, 15) is 9.59 Å². The molecule has 6 rings (SSSR count). The highest BCUT2D eigenvalue weighted by Gasteiger charge is 2.30. The number of aromatic nitrogens is 4. The van der Waals surface area contributed by atoms with E-state index in [0.717, 1.165) is 38.1 Å². The average Bonchev–Trinajstić information content (AvgIpc) is 3.24. The number of halogens is 1. The van der Waals surface area contributed by atoms with Crippen molar-refractivity contribution < 1.29 is 14.0 Å². The second-order valence-electron chi connectivity index (χ2n) is 8.84. The monoisotopic (exact) mass is 458 g/mol. The Morgan fingerprint density at radius 1 is 1.24 bits per heavy atom. The van der Waals surface area contributed by atoms with Gasteiger partial charge in [-0.25, -0.2) is 14.4 Å². The van der Waals surface area contributed by atoms with Gasteiger partial charge in [-0.3, -0.25) is 9.59 Å². The van der Waals surface area contributed by atoms with Crippen LogP contribution < -0.4 is 10.6 Å². The highest BCUT2D eigenvalue weighted by atomic mass is 19.1. The summed E-state index contributed by atoms with van der Waals surface area (Å²) in [6, 6.07) is 6.92. The van der Waals surface area contributed by atoms with Crippen molar-refractivity contribution in [2.75, 3.05) is 12.4 Å². The molecule has 2 aliphatic rings. The minimum Gasteiger partial charge on any atom is -0.355 e. The highest BCUT2D eigenvalue weighted by molar-refractivity contribution is 6.11. The number of H-pyrrole nitrogens is 1. The molecule has 1 aliphatic carbocycles. The van der Waals surface area contributed by atoms with Gasteiger partial charge in [-0.15, -0.1) is 0 Å². The van der Waals surface area contributed by atoms with Crippen LogP contribution in [0.2, 0.25) is 0 Å². The topological polar surface area (TPSA) is 105 Å². The third-order valence-corrected chi connectivity index (χ3v) is 6.55. The zero-order valence-electron chi connectivity index (χ0n) is 18.6. The van der Waals surface area contributed by atoms with Crippen LogP contribution in [0.4, 0.5) is 10.2 Å². The number of rotatable bonds is 5. The molecule has 0 spiro atoms. The predicted octanol–water partition coefficient (Wildman–Crippen LogP) is 3.89. The third kappa shape index (κ3) is 3.35. The second kappa shape index (κ2) is 7.79. The maximum absolute atomic E-state index is 15.8. The Hall–Kier alpha value is -4.01. The van der Waals surface area contributed by atoms with Crippen LogP contribution in [0, 0.1) is 11.7 Å². The summed E-state index contributed by atoms with van der Waals surface area (Å²) >= 11 is 0. The number of pyridine rings is 1. The quantitative estimate of drug-likeness (QED) is 0.422. The van der Waals surface area contributed by atoms with Crippen LogP contribution in [0.5, 0.6) is 0 Å². The molecule has 172 valence electrons. The number of aromatic amines is 1. The van der Waals surface area contributed by atoms with Crippen molar-refractivity contribution in [3.05, 3.63) is 53.9 Å². The van der Waals surface area contributed by atoms with Gasteiger partial charge < -0.3 is 20.2 Å². The average molecular weight is 458 g/mol. The Kier molecular flexibility index (Phi) is 4.72. The van der Waals surface area contributed by atoms with Crippen molar-refractivity contribution in [2.45, 2.75) is 32.2 Å². The summed E-state index contributed by atoms with van der Waals surface area (Å²) in [5.41, 5.74) is 2.69. The van der Waals surface area contributed by atoms with Gasteiger partial charge in [0.05, 0.1) is 16.8 Å². The first kappa shape index (κ1) is 20.6. The molecule has 3 N–H and O–H groups in total. The van der Waals surface area contributed by atoms with E-state index < -0.39 is 5.82 Å². The molecule has 1 aliphatic heterocycles. The van der Waals surface area contributed by atoms with E-state index in [-0.39, 0.29) is 17.7 Å². The van der Waals surface area contributed by atoms with Gasteiger partial charge in [-0.2, -0.15) is 0 Å². The smallest absolute Gasteiger partial charge is 0.253 e. The number of carbonyl (C=O) groups is 2. The lowest BCUT2D eigenvalue weighted by atomic mass is 10.0. The van der Waals surface area contributed by atoms with Crippen LogP contribution in [-0.4, -0.2) is 38.4 Å². The highest BCUT2D eigenvalue weighted by Crippen LogP contribution is 2.36. The number of benzene rings is 1. The number of hydrogen-bond acceptors (Lipinski definition) is 4. The van der Waals surface area contributed by atoms with Crippen LogP contribution in [0.3, 0.4) is 0 Å². The number of fused-ring (bicyclic) bond motifs is 2. The summed E-state index contributed by atoms with van der Waals surface area (Å²) in [5.74, 6) is 0.485. The minimum absolute atomic E-state index is 0.00411. The maximum Gasteiger partial charge on any atom is 0.253 e. The Morgan fingerprint density at radius 2 is 2.06 bits per heavy atom. The lowest BCUT2D eigenvalue weighted by molar-refractivity contribution is -0.117. The first-order chi connectivity index (χ1) is 16.5. The minimum atomic E-state index is -0.399. The number of carbonyl (C=O) groups excluding carboxylic acids is 2. The Bertz CT molecular complexity index is 1440. The number of anilines is 1. The number of hydrogen-bond donors (Lipinski definition) is 3. The molecule has 34 heavy (non-hydrogen) atoms. The molecule has 1 saturated carbocycles. The van der Waals surface area contributed by atoms with Gasteiger partial charge in [0.25, 0.3) is 5.91 Å². The standard InChI is InChI=1S/C25H23FN6O2/c1-27-25(34)17-11-28-23(31-24(33)13-7-8-13)22-16(17)10-18(30-22)14-4-2-5-15(21(14)26)19-12-32-9-3-6-20(32)29-19/h2,4-5,10-13,30H,3,6-9H2,1H3,(H,27,34)(H,28,31,33). The van der Waals surface area contributed by atoms with Crippen LogP contribution in [-0.2, 0) is 17.8 Å². The van der Waals surface area contributed by atoms with Crippen molar-refractivity contribution in [2.24, 2.45) is 5.92 Å². The molecule has 1 fully saturated rings. The fourth-order valence-corrected chi connectivity index (χ4v) is 4.56. The first-order valence-electron chi connectivity index (χ1n) is 11.4. The van der Waals surface area contributed by atoms with Gasteiger partial charge in [0.2, 0.25) is 5.91 Å². The largest absolute Gasteiger partial charge is 0.355 e. The number of nitrogens with zero attached hydrogens (tertiary/aromatic N) is 3. The lowest BCUT2D eigenvalue weighted by Crippen LogP contribution is -2.19. The van der Waals surface area contributed by atoms with Gasteiger partial charge in [-0.1, -0.05) is 6.07 Å². The molecular weight excluding hydrogens is 435 g/mol. The zero-order valence-corrected chi connectivity index (χ0v) is 18.6. The summed E-state index contributed by atoms with van der Waals surface area (Å²) in [6.07, 6.45) is 7.00. The van der Waals surface area contributed by atoms with E-state index >= 15 is 4.39 Å². The molecule has 0 atom stereocenters.